The van der Waals surface area contributed by atoms with Gasteiger partial charge in [0.1, 0.15) is 5.82 Å². The summed E-state index contributed by atoms with van der Waals surface area (Å²) in [5.41, 5.74) is 7.54. The molecule has 5 heteroatoms. The molecule has 1 aliphatic heterocycles. The summed E-state index contributed by atoms with van der Waals surface area (Å²) in [7, 11) is 0. The van der Waals surface area contributed by atoms with Gasteiger partial charge in [-0.3, -0.25) is 0 Å². The molecule has 0 aromatic heterocycles. The van der Waals surface area contributed by atoms with E-state index in [0.29, 0.717) is 18.1 Å². The number of rotatable bonds is 2. The van der Waals surface area contributed by atoms with E-state index in [1.54, 1.807) is 13.0 Å². The molecule has 0 amide bonds. The van der Waals surface area contributed by atoms with Gasteiger partial charge < -0.3 is 10.6 Å². The molecule has 3 nitrogen and oxygen atoms in total. The van der Waals surface area contributed by atoms with Crippen molar-refractivity contribution in [2.24, 2.45) is 10.7 Å². The minimum atomic E-state index is -0.180. The number of benzene rings is 1. The van der Waals surface area contributed by atoms with Crippen LogP contribution in [0.15, 0.2) is 23.2 Å². The van der Waals surface area contributed by atoms with E-state index in [4.69, 9.17) is 5.73 Å². The number of aliphatic imine (C=N–C) groups is 1. The van der Waals surface area contributed by atoms with E-state index in [0.717, 1.165) is 18.7 Å². The van der Waals surface area contributed by atoms with Crippen LogP contribution >= 0.6 is 24.0 Å². The fraction of sp³-hybridized carbons (Fsp3) is 0.533. The second kappa shape index (κ2) is 8.44. The molecule has 0 radical (unpaired) electrons. The number of aryl methyl sites for hydroxylation is 1. The highest BCUT2D eigenvalue weighted by Gasteiger charge is 2.10. The Balaban J connectivity index is 0.00000200. The number of hydrogen-bond donors (Lipinski definition) is 1. The molecule has 1 aliphatic rings. The van der Waals surface area contributed by atoms with Crippen molar-refractivity contribution < 1.29 is 4.39 Å². The molecule has 1 aromatic carbocycles. The molecule has 1 fully saturated rings. The van der Waals surface area contributed by atoms with Crippen molar-refractivity contribution in [2.75, 3.05) is 13.1 Å². The van der Waals surface area contributed by atoms with Crippen LogP contribution in [0.4, 0.5) is 4.39 Å². The Kier molecular flexibility index (Phi) is 7.26. The first-order chi connectivity index (χ1) is 9.16. The minimum Gasteiger partial charge on any atom is -0.370 e. The molecule has 2 rings (SSSR count). The number of likely N-dealkylation sites (tertiary alicyclic amines) is 1. The Morgan fingerprint density at radius 2 is 1.90 bits per heavy atom. The highest BCUT2D eigenvalue weighted by Crippen LogP contribution is 2.12. The standard InChI is InChI=1S/C15H22FN3.HI/c1-12-6-7-13(10-14(12)16)11-18-15(17)19-8-4-2-3-5-9-19;/h6-7,10H,2-5,8-9,11H2,1H3,(H2,17,18);1H. The van der Waals surface area contributed by atoms with Gasteiger partial charge in [0.15, 0.2) is 5.96 Å². The van der Waals surface area contributed by atoms with E-state index in [-0.39, 0.29) is 29.8 Å². The van der Waals surface area contributed by atoms with Crippen molar-refractivity contribution in [3.8, 4) is 0 Å². The zero-order chi connectivity index (χ0) is 13.7. The average molecular weight is 391 g/mol. The number of hydrogen-bond acceptors (Lipinski definition) is 1. The summed E-state index contributed by atoms with van der Waals surface area (Å²) in [5, 5.41) is 0. The van der Waals surface area contributed by atoms with Gasteiger partial charge in [-0.05, 0) is 37.0 Å². The smallest absolute Gasteiger partial charge is 0.191 e. The molecular formula is C15H23FIN3. The molecule has 0 atom stereocenters. The lowest BCUT2D eigenvalue weighted by atomic mass is 10.1. The van der Waals surface area contributed by atoms with E-state index in [1.807, 2.05) is 6.07 Å². The first-order valence-corrected chi connectivity index (χ1v) is 6.97. The summed E-state index contributed by atoms with van der Waals surface area (Å²) >= 11 is 0. The Morgan fingerprint density at radius 1 is 1.25 bits per heavy atom. The number of guanidine groups is 1. The Labute approximate surface area is 137 Å². The highest BCUT2D eigenvalue weighted by molar-refractivity contribution is 14.0. The van der Waals surface area contributed by atoms with Crippen molar-refractivity contribution in [3.05, 3.63) is 35.1 Å². The topological polar surface area (TPSA) is 41.6 Å². The van der Waals surface area contributed by atoms with Gasteiger partial charge in [0.05, 0.1) is 6.54 Å². The van der Waals surface area contributed by atoms with Crippen LogP contribution in [0.1, 0.15) is 36.8 Å². The molecule has 0 spiro atoms. The molecule has 0 saturated carbocycles. The van der Waals surface area contributed by atoms with Crippen LogP contribution in [-0.2, 0) is 6.54 Å². The number of halogens is 2. The van der Waals surface area contributed by atoms with E-state index < -0.39 is 0 Å². The second-order valence-electron chi connectivity index (χ2n) is 5.16. The fourth-order valence-corrected chi connectivity index (χ4v) is 2.31. The lowest BCUT2D eigenvalue weighted by molar-refractivity contribution is 0.428. The van der Waals surface area contributed by atoms with Crippen molar-refractivity contribution in [1.29, 1.82) is 0 Å². The van der Waals surface area contributed by atoms with Crippen molar-refractivity contribution in [1.82, 2.24) is 4.90 Å². The van der Waals surface area contributed by atoms with Gasteiger partial charge in [-0.2, -0.15) is 0 Å². The van der Waals surface area contributed by atoms with Gasteiger partial charge >= 0.3 is 0 Å². The Morgan fingerprint density at radius 3 is 2.50 bits per heavy atom. The maximum absolute atomic E-state index is 13.4. The maximum atomic E-state index is 13.4. The van der Waals surface area contributed by atoms with Crippen LogP contribution in [0.2, 0.25) is 0 Å². The molecular weight excluding hydrogens is 368 g/mol. The van der Waals surface area contributed by atoms with Crippen LogP contribution in [0.3, 0.4) is 0 Å². The van der Waals surface area contributed by atoms with Crippen molar-refractivity contribution in [3.63, 3.8) is 0 Å². The summed E-state index contributed by atoms with van der Waals surface area (Å²) in [4.78, 5) is 6.52. The van der Waals surface area contributed by atoms with Gasteiger partial charge in [0.2, 0.25) is 0 Å². The number of nitrogens with zero attached hydrogens (tertiary/aromatic N) is 2. The van der Waals surface area contributed by atoms with Gasteiger partial charge in [0.25, 0.3) is 0 Å². The third kappa shape index (κ3) is 4.92. The van der Waals surface area contributed by atoms with Crippen LogP contribution in [0.5, 0.6) is 0 Å². The predicted octanol–water partition coefficient (Wildman–Crippen LogP) is 3.44. The number of nitrogens with two attached hydrogens (primary N) is 1. The molecule has 0 aliphatic carbocycles. The second-order valence-corrected chi connectivity index (χ2v) is 5.16. The average Bonchev–Trinajstić information content (AvgIpc) is 2.69. The van der Waals surface area contributed by atoms with Crippen LogP contribution in [0.25, 0.3) is 0 Å². The van der Waals surface area contributed by atoms with Crippen molar-refractivity contribution in [2.45, 2.75) is 39.2 Å². The predicted molar refractivity (Wildman–Crippen MR) is 91.9 cm³/mol. The minimum absolute atomic E-state index is 0. The first-order valence-electron chi connectivity index (χ1n) is 6.97. The summed E-state index contributed by atoms with van der Waals surface area (Å²) < 4.78 is 13.4. The molecule has 20 heavy (non-hydrogen) atoms. The quantitative estimate of drug-likeness (QED) is 0.477. The zero-order valence-corrected chi connectivity index (χ0v) is 14.3. The lowest BCUT2D eigenvalue weighted by Crippen LogP contribution is -2.38. The maximum Gasteiger partial charge on any atom is 0.191 e. The van der Waals surface area contributed by atoms with Gasteiger partial charge in [-0.25, -0.2) is 9.38 Å². The van der Waals surface area contributed by atoms with E-state index in [2.05, 4.69) is 9.89 Å². The fourth-order valence-electron chi connectivity index (χ4n) is 2.31. The van der Waals surface area contributed by atoms with E-state index >= 15 is 0 Å². The molecule has 1 heterocycles. The monoisotopic (exact) mass is 391 g/mol. The van der Waals surface area contributed by atoms with Crippen LogP contribution < -0.4 is 5.73 Å². The molecule has 1 aromatic rings. The Bertz CT molecular complexity index is 454. The van der Waals surface area contributed by atoms with Crippen LogP contribution in [-0.4, -0.2) is 23.9 Å². The summed E-state index contributed by atoms with van der Waals surface area (Å²) in [6.45, 7) is 4.17. The third-order valence-corrected chi connectivity index (χ3v) is 3.59. The summed E-state index contributed by atoms with van der Waals surface area (Å²) in [6, 6.07) is 5.22. The molecule has 0 bridgehead atoms. The SMILES string of the molecule is Cc1ccc(CN=C(N)N2CCCCCC2)cc1F.I. The van der Waals surface area contributed by atoms with Crippen LogP contribution in [0, 0.1) is 12.7 Å². The molecule has 0 unspecified atom stereocenters. The summed E-state index contributed by atoms with van der Waals surface area (Å²) in [6.07, 6.45) is 4.89. The van der Waals surface area contributed by atoms with E-state index in [1.165, 1.54) is 31.7 Å². The normalized spacial score (nSPS) is 16.5. The van der Waals surface area contributed by atoms with Gasteiger partial charge in [0, 0.05) is 13.1 Å². The van der Waals surface area contributed by atoms with Crippen molar-refractivity contribution >= 4 is 29.9 Å². The molecule has 1 saturated heterocycles. The highest BCUT2D eigenvalue weighted by atomic mass is 127. The van der Waals surface area contributed by atoms with E-state index in [9.17, 15) is 4.39 Å². The summed E-state index contributed by atoms with van der Waals surface area (Å²) in [5.74, 6) is 0.406. The molecule has 112 valence electrons. The first kappa shape index (κ1) is 17.2. The van der Waals surface area contributed by atoms with Gasteiger partial charge in [-0.1, -0.05) is 25.0 Å². The Hall–Kier alpha value is -0.850. The molecule has 2 N–H and O–H groups in total. The zero-order valence-electron chi connectivity index (χ0n) is 11.9. The third-order valence-electron chi connectivity index (χ3n) is 3.59. The largest absolute Gasteiger partial charge is 0.370 e. The van der Waals surface area contributed by atoms with Gasteiger partial charge in [-0.15, -0.1) is 24.0 Å². The lowest BCUT2D eigenvalue weighted by Gasteiger charge is -2.21.